The van der Waals surface area contributed by atoms with Crippen molar-refractivity contribution in [1.29, 1.82) is 0 Å². The lowest BCUT2D eigenvalue weighted by Crippen LogP contribution is -2.37. The van der Waals surface area contributed by atoms with Crippen molar-refractivity contribution in [3.63, 3.8) is 0 Å². The highest BCUT2D eigenvalue weighted by molar-refractivity contribution is 6.04. The van der Waals surface area contributed by atoms with Gasteiger partial charge in [-0.25, -0.2) is 0 Å². The van der Waals surface area contributed by atoms with Crippen LogP contribution >= 0.6 is 0 Å². The molecule has 2 bridgehead atoms. The van der Waals surface area contributed by atoms with Crippen molar-refractivity contribution >= 4 is 11.6 Å². The molecule has 0 fully saturated rings. The summed E-state index contributed by atoms with van der Waals surface area (Å²) >= 11 is 0. The summed E-state index contributed by atoms with van der Waals surface area (Å²) in [6, 6.07) is 11.3. The Morgan fingerprint density at radius 3 is 2.15 bits per heavy atom. The average Bonchev–Trinajstić information content (AvgIpc) is 3.09. The fourth-order valence-corrected chi connectivity index (χ4v) is 6.09. The number of anilines is 1. The van der Waals surface area contributed by atoms with Gasteiger partial charge in [-0.15, -0.1) is 0 Å². The Kier molecular flexibility index (Phi) is 15.2. The second-order valence-electron chi connectivity index (χ2n) is 12.2. The first-order chi connectivity index (χ1) is 23.0. The number of carbonyl (C=O) groups is 1. The minimum Gasteiger partial charge on any atom is -0.497 e. The van der Waals surface area contributed by atoms with Gasteiger partial charge in [0, 0.05) is 44.5 Å². The highest BCUT2D eigenvalue weighted by Crippen LogP contribution is 2.43. The number of ether oxygens (including phenoxy) is 7. The SMILES string of the molecule is COc1ccc(CO[C@H]2c3cc(OC)cc(c3OC)NC(=O)/C(C)=C/C=C\[C@H](OC)[C@@H](O)/C(C)=C/[C@H](C)[C@@H](OC)[C@@H](OC)C[C@@H]2C)cc1. The first-order valence-corrected chi connectivity index (χ1v) is 16.1. The highest BCUT2D eigenvalue weighted by atomic mass is 16.5. The molecule has 0 aromatic heterocycles. The molecular weight excluding hydrogens is 614 g/mol. The molecule has 264 valence electrons. The minimum absolute atomic E-state index is 0.119. The lowest BCUT2D eigenvalue weighted by atomic mass is 9.86. The lowest BCUT2D eigenvalue weighted by Gasteiger charge is -2.34. The maximum absolute atomic E-state index is 13.4. The standard InChI is InChI=1S/C38H53NO9/c1-23-12-11-13-32(44-7)34(40)24(2)18-25(3)36(46-9)33(45-8)19-26(4)35(48-22-27-14-16-28(42-5)17-15-27)30-20-29(43-6)21-31(37(30)47-10)39-38(23)41/h11-18,20-21,25-26,32-36,40H,19,22H2,1-10H3,(H,39,41)/b13-11-,23-12+,24-18+/t25-,26-,32-,33-,34-,35+,36+/m0/s1. The molecule has 1 amide bonds. The molecule has 10 nitrogen and oxygen atoms in total. The Bertz CT molecular complexity index is 1420. The largest absolute Gasteiger partial charge is 0.497 e. The van der Waals surface area contributed by atoms with Gasteiger partial charge in [-0.2, -0.15) is 0 Å². The van der Waals surface area contributed by atoms with Gasteiger partial charge in [0.15, 0.2) is 0 Å². The van der Waals surface area contributed by atoms with Gasteiger partial charge in [0.2, 0.25) is 0 Å². The van der Waals surface area contributed by atoms with Gasteiger partial charge in [0.1, 0.15) is 29.5 Å². The summed E-state index contributed by atoms with van der Waals surface area (Å²) in [7, 11) is 9.65. The Hall–Kier alpha value is -3.67. The van der Waals surface area contributed by atoms with Gasteiger partial charge in [0.05, 0.1) is 51.9 Å². The van der Waals surface area contributed by atoms with Crippen LogP contribution in [0.15, 0.2) is 71.8 Å². The van der Waals surface area contributed by atoms with Gasteiger partial charge >= 0.3 is 0 Å². The van der Waals surface area contributed by atoms with Crippen molar-refractivity contribution in [3.8, 4) is 17.2 Å². The first kappa shape index (κ1) is 38.8. The van der Waals surface area contributed by atoms with Gasteiger partial charge in [-0.1, -0.05) is 50.3 Å². The average molecular weight is 668 g/mol. The van der Waals surface area contributed by atoms with Crippen LogP contribution in [-0.4, -0.2) is 78.1 Å². The summed E-state index contributed by atoms with van der Waals surface area (Å²) < 4.78 is 41.4. The van der Waals surface area contributed by atoms with Crippen LogP contribution in [0.5, 0.6) is 17.2 Å². The summed E-state index contributed by atoms with van der Waals surface area (Å²) in [4.78, 5) is 13.4. The Morgan fingerprint density at radius 2 is 1.56 bits per heavy atom. The van der Waals surface area contributed by atoms with E-state index >= 15 is 0 Å². The molecule has 3 rings (SSSR count). The number of hydrogen-bond acceptors (Lipinski definition) is 9. The van der Waals surface area contributed by atoms with Gasteiger partial charge in [0.25, 0.3) is 5.91 Å². The second-order valence-corrected chi connectivity index (χ2v) is 12.2. The number of allylic oxidation sites excluding steroid dienone is 2. The van der Waals surface area contributed by atoms with E-state index in [0.29, 0.717) is 41.4 Å². The maximum atomic E-state index is 13.4. The van der Waals surface area contributed by atoms with Crippen LogP contribution in [-0.2, 0) is 30.3 Å². The fraction of sp³-hybridized carbons (Fsp3) is 0.500. The number of hydrogen-bond donors (Lipinski definition) is 2. The third-order valence-electron chi connectivity index (χ3n) is 8.84. The predicted molar refractivity (Wildman–Crippen MR) is 187 cm³/mol. The number of amides is 1. The van der Waals surface area contributed by atoms with E-state index in [2.05, 4.69) is 12.2 Å². The molecule has 1 heterocycles. The molecule has 0 unspecified atom stereocenters. The molecular formula is C38H53NO9. The number of rotatable bonds is 9. The number of aliphatic hydroxyl groups is 1. The minimum atomic E-state index is -0.912. The molecule has 0 aliphatic carbocycles. The van der Waals surface area contributed by atoms with Crippen molar-refractivity contribution < 1.29 is 43.1 Å². The number of fused-ring (bicyclic) bond motifs is 2. The predicted octanol–water partition coefficient (Wildman–Crippen LogP) is 6.44. The van der Waals surface area contributed by atoms with E-state index in [-0.39, 0.29) is 30.0 Å². The fourth-order valence-electron chi connectivity index (χ4n) is 6.09. The van der Waals surface area contributed by atoms with Gasteiger partial charge in [-0.3, -0.25) is 4.79 Å². The molecule has 2 N–H and O–H groups in total. The number of carbonyl (C=O) groups excluding carboxylic acids is 1. The van der Waals surface area contributed by atoms with Crippen molar-refractivity contribution in [1.82, 2.24) is 0 Å². The molecule has 2 aromatic rings. The molecule has 2 aromatic carbocycles. The lowest BCUT2D eigenvalue weighted by molar-refractivity contribution is -0.112. The highest BCUT2D eigenvalue weighted by Gasteiger charge is 2.34. The van der Waals surface area contributed by atoms with Crippen molar-refractivity contribution in [2.24, 2.45) is 11.8 Å². The van der Waals surface area contributed by atoms with Crippen LogP contribution in [0.4, 0.5) is 5.69 Å². The zero-order valence-corrected chi connectivity index (χ0v) is 29.9. The molecule has 0 spiro atoms. The molecule has 0 saturated carbocycles. The van der Waals surface area contributed by atoms with Crippen molar-refractivity contribution in [3.05, 3.63) is 83.0 Å². The van der Waals surface area contributed by atoms with Gasteiger partial charge in [-0.05, 0) is 55.5 Å². The summed E-state index contributed by atoms with van der Waals surface area (Å²) in [5, 5.41) is 14.2. The van der Waals surface area contributed by atoms with Crippen molar-refractivity contribution in [2.45, 2.75) is 71.2 Å². The van der Waals surface area contributed by atoms with E-state index in [9.17, 15) is 9.90 Å². The molecule has 1 aliphatic heterocycles. The van der Waals surface area contributed by atoms with Crippen LogP contribution in [0.2, 0.25) is 0 Å². The summed E-state index contributed by atoms with van der Waals surface area (Å²) in [6.07, 6.45) is 4.91. The van der Waals surface area contributed by atoms with E-state index in [0.717, 1.165) is 16.9 Å². The summed E-state index contributed by atoms with van der Waals surface area (Å²) in [5.74, 6) is 1.16. The second kappa shape index (κ2) is 18.8. The van der Waals surface area contributed by atoms with Crippen LogP contribution in [0.1, 0.15) is 51.3 Å². The van der Waals surface area contributed by atoms with E-state index < -0.39 is 18.3 Å². The van der Waals surface area contributed by atoms with Crippen LogP contribution in [0.3, 0.4) is 0 Å². The third-order valence-corrected chi connectivity index (χ3v) is 8.84. The molecule has 7 atom stereocenters. The van der Waals surface area contributed by atoms with E-state index in [1.165, 1.54) is 7.11 Å². The topological polar surface area (TPSA) is 114 Å². The quantitative estimate of drug-likeness (QED) is 0.292. The number of nitrogens with one attached hydrogen (secondary N) is 1. The van der Waals surface area contributed by atoms with Crippen LogP contribution in [0.25, 0.3) is 0 Å². The van der Waals surface area contributed by atoms with Crippen molar-refractivity contribution in [2.75, 3.05) is 48.0 Å². The normalized spacial score (nSPS) is 28.7. The number of aliphatic hydroxyl groups excluding tert-OH is 1. The Morgan fingerprint density at radius 1 is 0.875 bits per heavy atom. The van der Waals surface area contributed by atoms with E-state index in [1.54, 1.807) is 66.8 Å². The zero-order chi connectivity index (χ0) is 35.4. The molecule has 1 aliphatic rings. The van der Waals surface area contributed by atoms with Gasteiger partial charge < -0.3 is 43.6 Å². The molecule has 0 saturated heterocycles. The maximum Gasteiger partial charge on any atom is 0.251 e. The molecule has 0 radical (unpaired) electrons. The molecule has 10 heteroatoms. The van der Waals surface area contributed by atoms with Crippen LogP contribution in [0, 0.1) is 11.8 Å². The van der Waals surface area contributed by atoms with Crippen LogP contribution < -0.4 is 19.5 Å². The smallest absolute Gasteiger partial charge is 0.251 e. The Labute approximate surface area is 285 Å². The monoisotopic (exact) mass is 667 g/mol. The third kappa shape index (κ3) is 9.93. The first-order valence-electron chi connectivity index (χ1n) is 16.1. The van der Waals surface area contributed by atoms with E-state index in [4.69, 9.17) is 33.2 Å². The van der Waals surface area contributed by atoms with E-state index in [1.807, 2.05) is 50.3 Å². The summed E-state index contributed by atoms with van der Waals surface area (Å²) in [5.41, 5.74) is 3.28. The zero-order valence-electron chi connectivity index (χ0n) is 29.9. The Balaban J connectivity index is 2.19. The summed E-state index contributed by atoms with van der Waals surface area (Å²) in [6.45, 7) is 8.01. The molecule has 48 heavy (non-hydrogen) atoms. The number of benzene rings is 2. The number of methoxy groups -OCH3 is 6.